The van der Waals surface area contributed by atoms with Crippen LogP contribution in [0.2, 0.25) is 0 Å². The zero-order valence-corrected chi connectivity index (χ0v) is 16.5. The summed E-state index contributed by atoms with van der Waals surface area (Å²) in [4.78, 5) is 11.2. The number of rotatable bonds is 7. The number of aliphatic carboxylic acids is 1. The summed E-state index contributed by atoms with van der Waals surface area (Å²) in [7, 11) is 0. The van der Waals surface area contributed by atoms with Gasteiger partial charge in [-0.3, -0.25) is 0 Å². The highest BCUT2D eigenvalue weighted by atomic mass is 16.4. The highest BCUT2D eigenvalue weighted by molar-refractivity contribution is 6.04. The van der Waals surface area contributed by atoms with Crippen molar-refractivity contribution in [2.24, 2.45) is 5.92 Å². The molecule has 0 saturated heterocycles. The molecule has 0 aliphatic heterocycles. The lowest BCUT2D eigenvalue weighted by atomic mass is 9.93. The van der Waals surface area contributed by atoms with E-state index in [4.69, 9.17) is 5.26 Å². The molecule has 1 N–H and O–H groups in total. The molecule has 0 unspecified atom stereocenters. The predicted molar refractivity (Wildman–Crippen MR) is 111 cm³/mol. The Hall–Kier alpha value is -2.86. The summed E-state index contributed by atoms with van der Waals surface area (Å²) in [6.07, 6.45) is 5.60. The molecule has 27 heavy (non-hydrogen) atoms. The van der Waals surface area contributed by atoms with E-state index in [2.05, 4.69) is 20.8 Å². The van der Waals surface area contributed by atoms with E-state index < -0.39 is 5.97 Å². The normalized spacial score (nSPS) is 9.74. The third kappa shape index (κ3) is 7.92. The Kier molecular flexibility index (Phi) is 10.3. The molecule has 2 aromatic rings. The van der Waals surface area contributed by atoms with Gasteiger partial charge in [0.25, 0.3) is 0 Å². The van der Waals surface area contributed by atoms with E-state index in [0.717, 1.165) is 5.92 Å². The minimum Gasteiger partial charge on any atom is -0.477 e. The zero-order valence-electron chi connectivity index (χ0n) is 16.5. The van der Waals surface area contributed by atoms with Crippen LogP contribution in [-0.4, -0.2) is 11.1 Å². The SMILES string of the molecule is CCCCCC(C)C.N#CC(C(=O)O)=C(c1ccccc1)c1ccccc1. The summed E-state index contributed by atoms with van der Waals surface area (Å²) in [5.41, 5.74) is 1.62. The van der Waals surface area contributed by atoms with E-state index >= 15 is 0 Å². The molecular weight excluding hydrogens is 334 g/mol. The van der Waals surface area contributed by atoms with Gasteiger partial charge in [-0.2, -0.15) is 5.26 Å². The van der Waals surface area contributed by atoms with Crippen LogP contribution >= 0.6 is 0 Å². The minimum absolute atomic E-state index is 0.252. The molecule has 0 bridgehead atoms. The summed E-state index contributed by atoms with van der Waals surface area (Å²) in [6.45, 7) is 6.83. The number of benzene rings is 2. The highest BCUT2D eigenvalue weighted by Gasteiger charge is 2.17. The molecule has 3 nitrogen and oxygen atoms in total. The minimum atomic E-state index is -1.22. The van der Waals surface area contributed by atoms with Gasteiger partial charge in [0.2, 0.25) is 0 Å². The maximum Gasteiger partial charge on any atom is 0.347 e. The fourth-order valence-corrected chi connectivity index (χ4v) is 2.68. The first-order valence-corrected chi connectivity index (χ1v) is 9.49. The smallest absolute Gasteiger partial charge is 0.347 e. The first-order valence-electron chi connectivity index (χ1n) is 9.49. The Balaban J connectivity index is 0.000000387. The number of hydrogen-bond donors (Lipinski definition) is 1. The first-order chi connectivity index (χ1) is 13.0. The second-order valence-electron chi connectivity index (χ2n) is 6.79. The lowest BCUT2D eigenvalue weighted by Gasteiger charge is -2.09. The number of nitrogens with zero attached hydrogens (tertiary/aromatic N) is 1. The summed E-state index contributed by atoms with van der Waals surface area (Å²) >= 11 is 0. The largest absolute Gasteiger partial charge is 0.477 e. The summed E-state index contributed by atoms with van der Waals surface area (Å²) in [5, 5.41) is 18.3. The topological polar surface area (TPSA) is 61.1 Å². The Morgan fingerprint density at radius 3 is 1.78 bits per heavy atom. The second kappa shape index (κ2) is 12.5. The number of carbonyl (C=O) groups is 1. The van der Waals surface area contributed by atoms with E-state index in [9.17, 15) is 9.90 Å². The predicted octanol–water partition coefficient (Wildman–Crippen LogP) is 6.32. The number of unbranched alkanes of at least 4 members (excludes halogenated alkanes) is 2. The van der Waals surface area contributed by atoms with Crippen LogP contribution in [0.5, 0.6) is 0 Å². The lowest BCUT2D eigenvalue weighted by molar-refractivity contribution is -0.132. The molecule has 2 rings (SSSR count). The van der Waals surface area contributed by atoms with E-state index in [0.29, 0.717) is 16.7 Å². The second-order valence-corrected chi connectivity index (χ2v) is 6.79. The van der Waals surface area contributed by atoms with Crippen LogP contribution in [0.1, 0.15) is 57.6 Å². The van der Waals surface area contributed by atoms with Crippen molar-refractivity contribution in [1.82, 2.24) is 0 Å². The third-order valence-corrected chi connectivity index (χ3v) is 4.09. The van der Waals surface area contributed by atoms with E-state index in [1.165, 1.54) is 25.7 Å². The third-order valence-electron chi connectivity index (χ3n) is 4.09. The number of carboxylic acids is 1. The average Bonchev–Trinajstić information content (AvgIpc) is 2.67. The van der Waals surface area contributed by atoms with Crippen LogP contribution in [0.15, 0.2) is 66.2 Å². The van der Waals surface area contributed by atoms with Gasteiger partial charge in [-0.25, -0.2) is 4.79 Å². The molecular formula is C24H29NO2. The van der Waals surface area contributed by atoms with Gasteiger partial charge in [-0.15, -0.1) is 0 Å². The van der Waals surface area contributed by atoms with Gasteiger partial charge in [0.1, 0.15) is 11.6 Å². The summed E-state index contributed by atoms with van der Waals surface area (Å²) < 4.78 is 0. The molecule has 0 aliphatic rings. The molecule has 142 valence electrons. The van der Waals surface area contributed by atoms with Crippen LogP contribution in [-0.2, 0) is 4.79 Å². The fourth-order valence-electron chi connectivity index (χ4n) is 2.68. The fraction of sp³-hybridized carbons (Fsp3) is 0.333. The van der Waals surface area contributed by atoms with E-state index in [1.54, 1.807) is 30.3 Å². The standard InChI is InChI=1S/C16H11NO2.C8H18/c17-11-14(16(18)19)15(12-7-3-1-4-8-12)13-9-5-2-6-10-13;1-4-5-6-7-8(2)3/h1-10H,(H,18,19);8H,4-7H2,1-3H3. The van der Waals surface area contributed by atoms with Crippen molar-refractivity contribution in [2.75, 3.05) is 0 Å². The molecule has 3 heteroatoms. The van der Waals surface area contributed by atoms with Gasteiger partial charge in [-0.05, 0) is 17.0 Å². The number of nitriles is 1. The molecule has 0 fully saturated rings. The van der Waals surface area contributed by atoms with Crippen molar-refractivity contribution >= 4 is 11.5 Å². The maximum absolute atomic E-state index is 11.2. The summed E-state index contributed by atoms with van der Waals surface area (Å²) in [6, 6.07) is 19.9. The zero-order chi connectivity index (χ0) is 20.1. The molecule has 0 radical (unpaired) electrons. The summed E-state index contributed by atoms with van der Waals surface area (Å²) in [5.74, 6) is -0.313. The Bertz CT molecular complexity index is 714. The van der Waals surface area contributed by atoms with Crippen molar-refractivity contribution in [3.8, 4) is 6.07 Å². The van der Waals surface area contributed by atoms with Crippen molar-refractivity contribution in [1.29, 1.82) is 5.26 Å². The molecule has 0 spiro atoms. The molecule has 0 aliphatic carbocycles. The highest BCUT2D eigenvalue weighted by Crippen LogP contribution is 2.26. The molecule has 0 aromatic heterocycles. The average molecular weight is 364 g/mol. The van der Waals surface area contributed by atoms with Gasteiger partial charge in [0.15, 0.2) is 0 Å². The van der Waals surface area contributed by atoms with E-state index in [1.807, 2.05) is 36.4 Å². The number of carboxylic acid groups (broad SMARTS) is 1. The van der Waals surface area contributed by atoms with Crippen LogP contribution in [0.4, 0.5) is 0 Å². The molecule has 0 atom stereocenters. The van der Waals surface area contributed by atoms with Crippen molar-refractivity contribution in [3.05, 3.63) is 77.4 Å². The number of hydrogen-bond acceptors (Lipinski definition) is 2. The van der Waals surface area contributed by atoms with Crippen molar-refractivity contribution < 1.29 is 9.90 Å². The van der Waals surface area contributed by atoms with Gasteiger partial charge < -0.3 is 5.11 Å². The Morgan fingerprint density at radius 2 is 1.44 bits per heavy atom. The molecule has 0 heterocycles. The Labute approximate surface area is 163 Å². The van der Waals surface area contributed by atoms with Gasteiger partial charge in [0, 0.05) is 5.57 Å². The quantitative estimate of drug-likeness (QED) is 0.356. The van der Waals surface area contributed by atoms with Crippen LogP contribution < -0.4 is 0 Å². The monoisotopic (exact) mass is 363 g/mol. The van der Waals surface area contributed by atoms with Gasteiger partial charge >= 0.3 is 5.97 Å². The van der Waals surface area contributed by atoms with Crippen LogP contribution in [0, 0.1) is 17.2 Å². The Morgan fingerprint density at radius 1 is 0.963 bits per heavy atom. The van der Waals surface area contributed by atoms with E-state index in [-0.39, 0.29) is 5.57 Å². The van der Waals surface area contributed by atoms with Gasteiger partial charge in [-0.1, -0.05) is 107 Å². The van der Waals surface area contributed by atoms with Crippen molar-refractivity contribution in [2.45, 2.75) is 46.5 Å². The molecule has 0 amide bonds. The van der Waals surface area contributed by atoms with Crippen LogP contribution in [0.3, 0.4) is 0 Å². The molecule has 0 saturated carbocycles. The van der Waals surface area contributed by atoms with Crippen molar-refractivity contribution in [3.63, 3.8) is 0 Å². The molecule has 2 aromatic carbocycles. The first kappa shape index (κ1) is 22.2. The maximum atomic E-state index is 11.2. The van der Waals surface area contributed by atoms with Crippen LogP contribution in [0.25, 0.3) is 5.57 Å². The lowest BCUT2D eigenvalue weighted by Crippen LogP contribution is -2.03. The van der Waals surface area contributed by atoms with Gasteiger partial charge in [0.05, 0.1) is 0 Å².